The summed E-state index contributed by atoms with van der Waals surface area (Å²) in [4.78, 5) is 11.1. The molecule has 0 amide bonds. The predicted octanol–water partition coefficient (Wildman–Crippen LogP) is 1.71. The first-order valence-electron chi connectivity index (χ1n) is 5.25. The Balaban J connectivity index is 2.26. The molecule has 82 valence electrons. The molecule has 2 unspecified atom stereocenters. The van der Waals surface area contributed by atoms with E-state index in [1.54, 1.807) is 22.9 Å². The van der Waals surface area contributed by atoms with E-state index in [4.69, 9.17) is 5.11 Å². The summed E-state index contributed by atoms with van der Waals surface area (Å²) in [5.41, 5.74) is 1.57. The molecule has 1 N–H and O–H groups in total. The van der Waals surface area contributed by atoms with E-state index in [-0.39, 0.29) is 5.56 Å². The van der Waals surface area contributed by atoms with E-state index in [9.17, 15) is 4.79 Å². The summed E-state index contributed by atoms with van der Waals surface area (Å²) < 4.78 is 1.75. The maximum absolute atomic E-state index is 11.1. The summed E-state index contributed by atoms with van der Waals surface area (Å²) in [6.07, 6.45) is 1.05. The van der Waals surface area contributed by atoms with E-state index in [1.807, 2.05) is 0 Å². The zero-order valence-corrected chi connectivity index (χ0v) is 8.79. The largest absolute Gasteiger partial charge is 0.478 e. The van der Waals surface area contributed by atoms with Crippen LogP contribution >= 0.6 is 0 Å². The molecule has 5 heteroatoms. The number of para-hydroxylation sites is 1. The van der Waals surface area contributed by atoms with Gasteiger partial charge in [0.15, 0.2) is 0 Å². The fourth-order valence-electron chi connectivity index (χ4n) is 2.04. The van der Waals surface area contributed by atoms with Crippen molar-refractivity contribution in [3.8, 4) is 0 Å². The van der Waals surface area contributed by atoms with Crippen LogP contribution < -0.4 is 0 Å². The summed E-state index contributed by atoms with van der Waals surface area (Å²) in [6, 6.07) is 5.39. The van der Waals surface area contributed by atoms with Crippen molar-refractivity contribution in [1.82, 2.24) is 15.0 Å². The number of carboxylic acids is 1. The number of fused-ring (bicyclic) bond motifs is 1. The van der Waals surface area contributed by atoms with Crippen LogP contribution in [0.2, 0.25) is 0 Å². The molecule has 0 aliphatic heterocycles. The van der Waals surface area contributed by atoms with Crippen LogP contribution in [0.3, 0.4) is 0 Å². The number of carboxylic acid groups (broad SMARTS) is 1. The number of hydrogen-bond donors (Lipinski definition) is 1. The van der Waals surface area contributed by atoms with Crippen molar-refractivity contribution >= 4 is 17.0 Å². The maximum atomic E-state index is 11.1. The normalized spacial score (nSPS) is 23.6. The molecule has 0 bridgehead atoms. The highest BCUT2D eigenvalue weighted by molar-refractivity contribution is 6.00. The first-order valence-corrected chi connectivity index (χ1v) is 5.25. The minimum atomic E-state index is -0.928. The summed E-state index contributed by atoms with van der Waals surface area (Å²) in [5, 5.41) is 17.2. The fourth-order valence-corrected chi connectivity index (χ4v) is 2.04. The minimum Gasteiger partial charge on any atom is -0.478 e. The average molecular weight is 217 g/mol. The Morgan fingerprint density at radius 3 is 2.94 bits per heavy atom. The number of nitrogens with zero attached hydrogens (tertiary/aromatic N) is 3. The standard InChI is InChI=1S/C11H11N3O2/c1-6-5-9(6)14-10-7(11(15)16)3-2-4-8(10)12-13-14/h2-4,6,9H,5H2,1H3,(H,15,16). The molecular formula is C11H11N3O2. The van der Waals surface area contributed by atoms with Gasteiger partial charge in [0, 0.05) is 0 Å². The first-order chi connectivity index (χ1) is 7.68. The number of hydrogen-bond acceptors (Lipinski definition) is 3. The molecule has 3 rings (SSSR count). The molecule has 5 nitrogen and oxygen atoms in total. The lowest BCUT2D eigenvalue weighted by Gasteiger charge is -2.02. The van der Waals surface area contributed by atoms with Gasteiger partial charge in [0.2, 0.25) is 0 Å². The molecule has 1 aromatic heterocycles. The SMILES string of the molecule is CC1CC1n1nnc2cccc(C(=O)O)c21. The van der Waals surface area contributed by atoms with Gasteiger partial charge in [0.05, 0.1) is 11.6 Å². The predicted molar refractivity (Wildman–Crippen MR) is 57.3 cm³/mol. The Morgan fingerprint density at radius 2 is 2.31 bits per heavy atom. The molecule has 1 aliphatic carbocycles. The van der Waals surface area contributed by atoms with Crippen molar-refractivity contribution in [2.24, 2.45) is 5.92 Å². The second-order valence-corrected chi connectivity index (χ2v) is 4.29. The van der Waals surface area contributed by atoms with Crippen LogP contribution in [0.5, 0.6) is 0 Å². The zero-order chi connectivity index (χ0) is 11.3. The zero-order valence-electron chi connectivity index (χ0n) is 8.79. The van der Waals surface area contributed by atoms with Crippen LogP contribution in [0.4, 0.5) is 0 Å². The third-order valence-corrected chi connectivity index (χ3v) is 3.10. The lowest BCUT2D eigenvalue weighted by molar-refractivity contribution is 0.0698. The van der Waals surface area contributed by atoms with Crippen LogP contribution in [0.1, 0.15) is 29.7 Å². The molecule has 0 radical (unpaired) electrons. The van der Waals surface area contributed by atoms with Crippen molar-refractivity contribution < 1.29 is 9.90 Å². The van der Waals surface area contributed by atoms with Crippen molar-refractivity contribution in [3.05, 3.63) is 23.8 Å². The summed E-state index contributed by atoms with van der Waals surface area (Å²) in [6.45, 7) is 2.13. The van der Waals surface area contributed by atoms with Crippen LogP contribution in [-0.2, 0) is 0 Å². The molecule has 0 saturated heterocycles. The average Bonchev–Trinajstić information content (AvgIpc) is 2.83. The summed E-state index contributed by atoms with van der Waals surface area (Å²) in [7, 11) is 0. The van der Waals surface area contributed by atoms with E-state index in [2.05, 4.69) is 17.2 Å². The molecule has 1 saturated carbocycles. The molecule has 0 spiro atoms. The maximum Gasteiger partial charge on any atom is 0.337 e. The van der Waals surface area contributed by atoms with Crippen LogP contribution in [0.15, 0.2) is 18.2 Å². The second-order valence-electron chi connectivity index (χ2n) is 4.29. The van der Waals surface area contributed by atoms with E-state index in [1.165, 1.54) is 0 Å². The van der Waals surface area contributed by atoms with Gasteiger partial charge in [-0.25, -0.2) is 9.48 Å². The van der Waals surface area contributed by atoms with Crippen molar-refractivity contribution in [2.75, 3.05) is 0 Å². The minimum absolute atomic E-state index is 0.279. The van der Waals surface area contributed by atoms with E-state index >= 15 is 0 Å². The van der Waals surface area contributed by atoms with Crippen LogP contribution in [0, 0.1) is 5.92 Å². The molecule has 1 aliphatic rings. The van der Waals surface area contributed by atoms with Crippen molar-refractivity contribution in [3.63, 3.8) is 0 Å². The second kappa shape index (κ2) is 3.04. The smallest absolute Gasteiger partial charge is 0.337 e. The lowest BCUT2D eigenvalue weighted by Crippen LogP contribution is -2.04. The lowest BCUT2D eigenvalue weighted by atomic mass is 10.2. The van der Waals surface area contributed by atoms with E-state index in [0.717, 1.165) is 6.42 Å². The highest BCUT2D eigenvalue weighted by Crippen LogP contribution is 2.43. The molecule has 1 aromatic carbocycles. The number of benzene rings is 1. The molecule has 16 heavy (non-hydrogen) atoms. The highest BCUT2D eigenvalue weighted by atomic mass is 16.4. The van der Waals surface area contributed by atoms with Gasteiger partial charge in [-0.05, 0) is 24.5 Å². The number of rotatable bonds is 2. The summed E-state index contributed by atoms with van der Waals surface area (Å²) in [5.74, 6) is -0.366. The Labute approximate surface area is 91.7 Å². The van der Waals surface area contributed by atoms with Gasteiger partial charge < -0.3 is 5.11 Å². The third-order valence-electron chi connectivity index (χ3n) is 3.10. The Bertz CT molecular complexity index is 576. The third kappa shape index (κ3) is 1.21. The van der Waals surface area contributed by atoms with Gasteiger partial charge in [0.1, 0.15) is 11.0 Å². The summed E-state index contributed by atoms with van der Waals surface area (Å²) >= 11 is 0. The van der Waals surface area contributed by atoms with Gasteiger partial charge in [-0.1, -0.05) is 18.2 Å². The molecular weight excluding hydrogens is 206 g/mol. The topological polar surface area (TPSA) is 68.0 Å². The number of carbonyl (C=O) groups is 1. The number of aromatic nitrogens is 3. The quantitative estimate of drug-likeness (QED) is 0.831. The molecule has 2 atom stereocenters. The van der Waals surface area contributed by atoms with Crippen LogP contribution in [0.25, 0.3) is 11.0 Å². The van der Waals surface area contributed by atoms with E-state index < -0.39 is 5.97 Å². The Hall–Kier alpha value is -1.91. The molecule has 2 aromatic rings. The fraction of sp³-hybridized carbons (Fsp3) is 0.364. The Kier molecular flexibility index (Phi) is 1.77. The van der Waals surface area contributed by atoms with Crippen molar-refractivity contribution in [1.29, 1.82) is 0 Å². The van der Waals surface area contributed by atoms with E-state index in [0.29, 0.717) is 23.0 Å². The van der Waals surface area contributed by atoms with Gasteiger partial charge in [-0.15, -0.1) is 5.10 Å². The van der Waals surface area contributed by atoms with Gasteiger partial charge in [-0.3, -0.25) is 0 Å². The molecule has 1 fully saturated rings. The highest BCUT2D eigenvalue weighted by Gasteiger charge is 2.37. The van der Waals surface area contributed by atoms with Gasteiger partial charge in [0.25, 0.3) is 0 Å². The van der Waals surface area contributed by atoms with Gasteiger partial charge in [-0.2, -0.15) is 0 Å². The van der Waals surface area contributed by atoms with Gasteiger partial charge >= 0.3 is 5.97 Å². The Morgan fingerprint density at radius 1 is 1.56 bits per heavy atom. The molecule has 1 heterocycles. The first kappa shape index (κ1) is 9.33. The number of aromatic carboxylic acids is 1. The monoisotopic (exact) mass is 217 g/mol. The van der Waals surface area contributed by atoms with Crippen LogP contribution in [-0.4, -0.2) is 26.1 Å². The van der Waals surface area contributed by atoms with Crippen molar-refractivity contribution in [2.45, 2.75) is 19.4 Å².